The van der Waals surface area contributed by atoms with Crippen LogP contribution in [0.3, 0.4) is 0 Å². The molecular formula is C22H16F2N2O2S. The first kappa shape index (κ1) is 19.1. The number of nitrogens with zero attached hydrogens (tertiary/aromatic N) is 2. The fraction of sp³-hybridized carbons (Fsp3) is 0.0909. The third kappa shape index (κ3) is 3.73. The highest BCUT2D eigenvalue weighted by molar-refractivity contribution is 7.98. The summed E-state index contributed by atoms with van der Waals surface area (Å²) in [4.78, 5) is 17.9. The molecule has 0 radical (unpaired) electrons. The standard InChI is InChI=1S/C22H16F2N2O2S/c1-28-20-9-5-4-8-19(20)26-21(27)15-6-2-3-7-18(15)25-22(26)29-13-14-10-11-16(23)17(24)12-14/h2-12H,13H2,1H3. The van der Waals surface area contributed by atoms with Crippen LogP contribution in [0, 0.1) is 11.6 Å². The van der Waals surface area contributed by atoms with E-state index in [0.29, 0.717) is 38.8 Å². The summed E-state index contributed by atoms with van der Waals surface area (Å²) >= 11 is 1.26. The lowest BCUT2D eigenvalue weighted by atomic mass is 10.2. The molecule has 7 heteroatoms. The van der Waals surface area contributed by atoms with E-state index in [1.165, 1.54) is 29.5 Å². The zero-order valence-electron chi connectivity index (χ0n) is 15.4. The highest BCUT2D eigenvalue weighted by Gasteiger charge is 2.16. The summed E-state index contributed by atoms with van der Waals surface area (Å²) < 4.78 is 33.7. The maximum atomic E-state index is 13.5. The Morgan fingerprint density at radius 1 is 1.00 bits per heavy atom. The van der Waals surface area contributed by atoms with E-state index in [2.05, 4.69) is 4.98 Å². The molecule has 1 heterocycles. The van der Waals surface area contributed by atoms with Crippen LogP contribution in [0.2, 0.25) is 0 Å². The van der Waals surface area contributed by atoms with Crippen LogP contribution in [-0.4, -0.2) is 16.7 Å². The largest absolute Gasteiger partial charge is 0.495 e. The van der Waals surface area contributed by atoms with Crippen molar-refractivity contribution in [3.8, 4) is 11.4 Å². The average Bonchev–Trinajstić information content (AvgIpc) is 2.75. The number of para-hydroxylation sites is 3. The lowest BCUT2D eigenvalue weighted by molar-refractivity contribution is 0.411. The van der Waals surface area contributed by atoms with Gasteiger partial charge >= 0.3 is 0 Å². The quantitative estimate of drug-likeness (QED) is 0.344. The van der Waals surface area contributed by atoms with Gasteiger partial charge in [-0.15, -0.1) is 0 Å². The summed E-state index contributed by atoms with van der Waals surface area (Å²) in [5.41, 5.74) is 1.48. The van der Waals surface area contributed by atoms with Gasteiger partial charge in [-0.2, -0.15) is 0 Å². The Bertz CT molecular complexity index is 1260. The summed E-state index contributed by atoms with van der Waals surface area (Å²) in [5, 5.41) is 0.915. The van der Waals surface area contributed by atoms with Crippen molar-refractivity contribution in [2.45, 2.75) is 10.9 Å². The number of halogens is 2. The lowest BCUT2D eigenvalue weighted by Crippen LogP contribution is -2.22. The van der Waals surface area contributed by atoms with Crippen molar-refractivity contribution in [2.24, 2.45) is 0 Å². The highest BCUT2D eigenvalue weighted by atomic mass is 32.2. The molecule has 0 aliphatic carbocycles. The number of methoxy groups -OCH3 is 1. The van der Waals surface area contributed by atoms with Gasteiger partial charge in [0, 0.05) is 5.75 Å². The summed E-state index contributed by atoms with van der Waals surface area (Å²) in [6.45, 7) is 0. The Morgan fingerprint density at radius 2 is 1.76 bits per heavy atom. The molecule has 0 bridgehead atoms. The van der Waals surface area contributed by atoms with E-state index >= 15 is 0 Å². The second-order valence-electron chi connectivity index (χ2n) is 6.26. The maximum absolute atomic E-state index is 13.5. The second kappa shape index (κ2) is 8.05. The van der Waals surface area contributed by atoms with Crippen molar-refractivity contribution >= 4 is 22.7 Å². The Morgan fingerprint density at radius 3 is 2.55 bits per heavy atom. The zero-order valence-corrected chi connectivity index (χ0v) is 16.2. The van der Waals surface area contributed by atoms with Crippen molar-refractivity contribution in [3.05, 3.63) is 94.3 Å². The molecule has 1 aromatic heterocycles. The monoisotopic (exact) mass is 410 g/mol. The van der Waals surface area contributed by atoms with Crippen LogP contribution in [0.5, 0.6) is 5.75 Å². The van der Waals surface area contributed by atoms with E-state index in [4.69, 9.17) is 4.74 Å². The molecule has 0 saturated carbocycles. The average molecular weight is 410 g/mol. The summed E-state index contributed by atoms with van der Waals surface area (Å²) in [6.07, 6.45) is 0. The molecule has 0 unspecified atom stereocenters. The predicted molar refractivity (Wildman–Crippen MR) is 110 cm³/mol. The molecule has 0 saturated heterocycles. The van der Waals surface area contributed by atoms with E-state index in [0.717, 1.165) is 12.1 Å². The van der Waals surface area contributed by atoms with E-state index < -0.39 is 11.6 Å². The van der Waals surface area contributed by atoms with Crippen LogP contribution in [0.25, 0.3) is 16.6 Å². The van der Waals surface area contributed by atoms with Gasteiger partial charge in [0.25, 0.3) is 5.56 Å². The molecule has 0 aliphatic heterocycles. The summed E-state index contributed by atoms with van der Waals surface area (Å²) in [5.74, 6) is -0.955. The third-order valence-electron chi connectivity index (χ3n) is 4.42. The number of ether oxygens (including phenoxy) is 1. The van der Waals surface area contributed by atoms with Crippen LogP contribution < -0.4 is 10.3 Å². The number of fused-ring (bicyclic) bond motifs is 1. The molecule has 0 atom stereocenters. The Labute approximate surface area is 169 Å². The van der Waals surface area contributed by atoms with E-state index in [1.807, 2.05) is 18.2 Å². The van der Waals surface area contributed by atoms with Crippen molar-refractivity contribution in [1.82, 2.24) is 9.55 Å². The van der Waals surface area contributed by atoms with Gasteiger partial charge in [0.2, 0.25) is 0 Å². The van der Waals surface area contributed by atoms with Gasteiger partial charge in [-0.05, 0) is 42.0 Å². The number of thioether (sulfide) groups is 1. The predicted octanol–water partition coefficient (Wildman–Crippen LogP) is 4.96. The van der Waals surface area contributed by atoms with Gasteiger partial charge in [0.1, 0.15) is 5.75 Å². The third-order valence-corrected chi connectivity index (χ3v) is 5.43. The fourth-order valence-corrected chi connectivity index (χ4v) is 3.96. The smallest absolute Gasteiger partial charge is 0.266 e. The van der Waals surface area contributed by atoms with Gasteiger partial charge in [0.15, 0.2) is 16.8 Å². The molecule has 4 rings (SSSR count). The van der Waals surface area contributed by atoms with Gasteiger partial charge in [-0.3, -0.25) is 9.36 Å². The number of benzene rings is 3. The van der Waals surface area contributed by atoms with Crippen molar-refractivity contribution in [1.29, 1.82) is 0 Å². The number of hydrogen-bond acceptors (Lipinski definition) is 4. The summed E-state index contributed by atoms with van der Waals surface area (Å²) in [6, 6.07) is 18.0. The van der Waals surface area contributed by atoms with E-state index in [9.17, 15) is 13.6 Å². The molecule has 0 fully saturated rings. The molecule has 0 aliphatic rings. The molecule has 0 spiro atoms. The minimum absolute atomic E-state index is 0.229. The molecule has 4 nitrogen and oxygen atoms in total. The first-order valence-electron chi connectivity index (χ1n) is 8.80. The minimum Gasteiger partial charge on any atom is -0.495 e. The molecular weight excluding hydrogens is 394 g/mol. The van der Waals surface area contributed by atoms with Crippen molar-refractivity contribution in [3.63, 3.8) is 0 Å². The first-order valence-corrected chi connectivity index (χ1v) is 9.79. The highest BCUT2D eigenvalue weighted by Crippen LogP contribution is 2.29. The van der Waals surface area contributed by atoms with Gasteiger partial charge < -0.3 is 4.74 Å². The molecule has 3 aromatic carbocycles. The van der Waals surface area contributed by atoms with Crippen LogP contribution >= 0.6 is 11.8 Å². The van der Waals surface area contributed by atoms with Crippen molar-refractivity contribution < 1.29 is 13.5 Å². The van der Waals surface area contributed by atoms with Crippen LogP contribution in [0.15, 0.2) is 76.7 Å². The summed E-state index contributed by atoms with van der Waals surface area (Å²) in [7, 11) is 1.53. The normalized spacial score (nSPS) is 11.0. The Balaban J connectivity index is 1.85. The van der Waals surface area contributed by atoms with E-state index in [1.54, 1.807) is 30.3 Å². The first-order chi connectivity index (χ1) is 14.1. The van der Waals surface area contributed by atoms with Crippen LogP contribution in [0.4, 0.5) is 8.78 Å². The molecule has 0 amide bonds. The number of aromatic nitrogens is 2. The fourth-order valence-electron chi connectivity index (χ4n) is 3.01. The Kier molecular flexibility index (Phi) is 5.31. The minimum atomic E-state index is -0.906. The zero-order chi connectivity index (χ0) is 20.4. The Hall–Kier alpha value is -3.19. The number of rotatable bonds is 5. The topological polar surface area (TPSA) is 44.1 Å². The van der Waals surface area contributed by atoms with Gasteiger partial charge in [-0.25, -0.2) is 13.8 Å². The van der Waals surface area contributed by atoms with Gasteiger partial charge in [0.05, 0.1) is 23.7 Å². The SMILES string of the molecule is COc1ccccc1-n1c(SCc2ccc(F)c(F)c2)nc2ccccc2c1=O. The van der Waals surface area contributed by atoms with Crippen molar-refractivity contribution in [2.75, 3.05) is 7.11 Å². The maximum Gasteiger partial charge on any atom is 0.266 e. The molecule has 4 aromatic rings. The van der Waals surface area contributed by atoms with Crippen LogP contribution in [0.1, 0.15) is 5.56 Å². The lowest BCUT2D eigenvalue weighted by Gasteiger charge is -2.15. The molecule has 29 heavy (non-hydrogen) atoms. The van der Waals surface area contributed by atoms with E-state index in [-0.39, 0.29) is 5.56 Å². The second-order valence-corrected chi connectivity index (χ2v) is 7.20. The van der Waals surface area contributed by atoms with Gasteiger partial charge in [-0.1, -0.05) is 42.1 Å². The molecule has 146 valence electrons. The molecule has 0 N–H and O–H groups in total. The van der Waals surface area contributed by atoms with Crippen LogP contribution in [-0.2, 0) is 5.75 Å². The number of hydrogen-bond donors (Lipinski definition) is 0.